The molecule has 0 spiro atoms. The van der Waals surface area contributed by atoms with Crippen LogP contribution in [-0.4, -0.2) is 33.1 Å². The summed E-state index contributed by atoms with van der Waals surface area (Å²) >= 11 is 1.18. The average molecular weight is 309 g/mol. The highest BCUT2D eigenvalue weighted by Gasteiger charge is 2.13. The third kappa shape index (κ3) is 3.94. The van der Waals surface area contributed by atoms with Gasteiger partial charge < -0.3 is 11.2 Å². The predicted molar refractivity (Wildman–Crippen MR) is 79.6 cm³/mol. The molecule has 0 aliphatic heterocycles. The second kappa shape index (κ2) is 7.07. The van der Waals surface area contributed by atoms with Crippen LogP contribution in [0, 0.1) is 5.82 Å². The molecule has 21 heavy (non-hydrogen) atoms. The number of aromatic nitrogens is 3. The minimum atomic E-state index is -0.372. The zero-order valence-corrected chi connectivity index (χ0v) is 12.4. The Morgan fingerprint density at radius 3 is 3.00 bits per heavy atom. The monoisotopic (exact) mass is 309 g/mol. The summed E-state index contributed by atoms with van der Waals surface area (Å²) in [7, 11) is 0. The van der Waals surface area contributed by atoms with Crippen LogP contribution in [0.15, 0.2) is 29.4 Å². The summed E-state index contributed by atoms with van der Waals surface area (Å²) in [6, 6.07) is 5.94. The molecular formula is C13H16FN5OS. The minimum absolute atomic E-state index is 0.0860. The third-order valence-electron chi connectivity index (χ3n) is 2.65. The summed E-state index contributed by atoms with van der Waals surface area (Å²) in [6.07, 6.45) is 0.882. The lowest BCUT2D eigenvalue weighted by Gasteiger charge is -2.04. The first-order valence-electron chi connectivity index (χ1n) is 6.47. The minimum Gasteiger partial charge on any atom is -0.355 e. The van der Waals surface area contributed by atoms with E-state index in [1.807, 2.05) is 6.92 Å². The van der Waals surface area contributed by atoms with E-state index >= 15 is 0 Å². The Bertz CT molecular complexity index is 631. The molecule has 0 saturated carbocycles. The van der Waals surface area contributed by atoms with Crippen LogP contribution in [0.2, 0.25) is 0 Å². The highest BCUT2D eigenvalue weighted by atomic mass is 32.2. The van der Waals surface area contributed by atoms with Gasteiger partial charge in [-0.1, -0.05) is 30.8 Å². The van der Waals surface area contributed by atoms with Crippen molar-refractivity contribution in [1.82, 2.24) is 20.2 Å². The molecule has 1 aromatic heterocycles. The number of nitrogens with zero attached hydrogens (tertiary/aromatic N) is 3. The second-order valence-electron chi connectivity index (χ2n) is 4.33. The van der Waals surface area contributed by atoms with Gasteiger partial charge in [-0.3, -0.25) is 4.79 Å². The normalized spacial score (nSPS) is 10.6. The van der Waals surface area contributed by atoms with Crippen molar-refractivity contribution in [2.24, 2.45) is 0 Å². The van der Waals surface area contributed by atoms with E-state index in [-0.39, 0.29) is 17.5 Å². The lowest BCUT2D eigenvalue weighted by Crippen LogP contribution is -2.26. The summed E-state index contributed by atoms with van der Waals surface area (Å²) in [5.41, 5.74) is 0.535. The molecule has 2 aromatic rings. The molecule has 0 fully saturated rings. The molecule has 2 rings (SSSR count). The number of nitrogens with one attached hydrogen (secondary N) is 1. The predicted octanol–water partition coefficient (Wildman–Crippen LogP) is 1.42. The van der Waals surface area contributed by atoms with Crippen LogP contribution in [0.1, 0.15) is 13.3 Å². The first-order chi connectivity index (χ1) is 10.1. The average Bonchev–Trinajstić information content (AvgIpc) is 2.84. The maximum absolute atomic E-state index is 13.2. The van der Waals surface area contributed by atoms with Gasteiger partial charge in [-0.15, -0.1) is 10.2 Å². The third-order valence-corrected chi connectivity index (χ3v) is 3.59. The number of hydrogen-bond acceptors (Lipinski definition) is 5. The van der Waals surface area contributed by atoms with Crippen molar-refractivity contribution in [3.63, 3.8) is 0 Å². The summed E-state index contributed by atoms with van der Waals surface area (Å²) in [5, 5.41) is 11.0. The topological polar surface area (TPSA) is 85.8 Å². The van der Waals surface area contributed by atoms with E-state index in [1.165, 1.54) is 28.6 Å². The van der Waals surface area contributed by atoms with Gasteiger partial charge in [-0.25, -0.2) is 9.07 Å². The highest BCUT2D eigenvalue weighted by Crippen LogP contribution is 2.21. The van der Waals surface area contributed by atoms with Crippen LogP contribution in [0.3, 0.4) is 0 Å². The highest BCUT2D eigenvalue weighted by molar-refractivity contribution is 7.99. The first kappa shape index (κ1) is 15.3. The van der Waals surface area contributed by atoms with E-state index in [9.17, 15) is 9.18 Å². The number of carbonyl (C=O) groups excluding carboxylic acids is 1. The molecule has 0 aliphatic carbocycles. The Labute approximate surface area is 125 Å². The van der Waals surface area contributed by atoms with E-state index < -0.39 is 0 Å². The van der Waals surface area contributed by atoms with Gasteiger partial charge in [-0.05, 0) is 18.6 Å². The van der Waals surface area contributed by atoms with Crippen molar-refractivity contribution in [2.45, 2.75) is 18.5 Å². The van der Waals surface area contributed by atoms with Crippen LogP contribution < -0.4 is 11.2 Å². The Hall–Kier alpha value is -2.09. The Morgan fingerprint density at radius 1 is 1.48 bits per heavy atom. The van der Waals surface area contributed by atoms with Crippen molar-refractivity contribution in [2.75, 3.05) is 18.1 Å². The number of rotatable bonds is 6. The van der Waals surface area contributed by atoms with Gasteiger partial charge >= 0.3 is 0 Å². The van der Waals surface area contributed by atoms with Gasteiger partial charge in [0.25, 0.3) is 0 Å². The Balaban J connectivity index is 2.05. The molecule has 0 unspecified atom stereocenters. The number of amides is 1. The van der Waals surface area contributed by atoms with Crippen molar-refractivity contribution >= 4 is 17.7 Å². The molecule has 3 N–H and O–H groups in total. The fraction of sp³-hybridized carbons (Fsp3) is 0.308. The van der Waals surface area contributed by atoms with Crippen LogP contribution in [0.4, 0.5) is 4.39 Å². The Morgan fingerprint density at radius 2 is 2.29 bits per heavy atom. The molecule has 1 amide bonds. The van der Waals surface area contributed by atoms with Gasteiger partial charge in [0.05, 0.1) is 5.75 Å². The molecule has 0 saturated heterocycles. The van der Waals surface area contributed by atoms with E-state index in [4.69, 9.17) is 5.84 Å². The van der Waals surface area contributed by atoms with Gasteiger partial charge in [0.15, 0.2) is 5.82 Å². The van der Waals surface area contributed by atoms with Crippen LogP contribution in [0.25, 0.3) is 11.4 Å². The summed E-state index contributed by atoms with van der Waals surface area (Å²) in [5.74, 6) is 5.99. The zero-order valence-electron chi connectivity index (χ0n) is 11.5. The molecule has 0 radical (unpaired) electrons. The van der Waals surface area contributed by atoms with E-state index in [1.54, 1.807) is 12.1 Å². The maximum Gasteiger partial charge on any atom is 0.230 e. The maximum atomic E-state index is 13.2. The zero-order chi connectivity index (χ0) is 15.2. The Kier molecular flexibility index (Phi) is 5.15. The molecule has 0 aliphatic rings. The largest absolute Gasteiger partial charge is 0.355 e. The summed E-state index contributed by atoms with van der Waals surface area (Å²) < 4.78 is 14.5. The number of nitrogens with two attached hydrogens (primary N) is 1. The molecule has 6 nitrogen and oxygen atoms in total. The quantitative estimate of drug-likeness (QED) is 0.622. The number of thioether (sulfide) groups is 1. The molecule has 8 heteroatoms. The molecular weight excluding hydrogens is 293 g/mol. The van der Waals surface area contributed by atoms with Crippen LogP contribution in [0.5, 0.6) is 0 Å². The number of hydrogen-bond donors (Lipinski definition) is 2. The second-order valence-corrected chi connectivity index (χ2v) is 5.27. The van der Waals surface area contributed by atoms with Gasteiger partial charge in [0.1, 0.15) is 5.82 Å². The van der Waals surface area contributed by atoms with E-state index in [0.717, 1.165) is 6.42 Å². The molecule has 0 bridgehead atoms. The molecule has 1 heterocycles. The standard InChI is InChI=1S/C13H16FN5OS/c1-2-6-16-11(20)8-21-13-18-17-12(19(13)15)9-4-3-5-10(14)7-9/h3-5,7H,2,6,8,15H2,1H3,(H,16,20). The SMILES string of the molecule is CCCNC(=O)CSc1nnc(-c2cccc(F)c2)n1N. The van der Waals surface area contributed by atoms with Crippen molar-refractivity contribution in [3.8, 4) is 11.4 Å². The lowest BCUT2D eigenvalue weighted by atomic mass is 10.2. The number of halogens is 1. The van der Waals surface area contributed by atoms with Crippen molar-refractivity contribution in [3.05, 3.63) is 30.1 Å². The smallest absolute Gasteiger partial charge is 0.230 e. The fourth-order valence-corrected chi connectivity index (χ4v) is 2.33. The molecule has 1 aromatic carbocycles. The summed E-state index contributed by atoms with van der Waals surface area (Å²) in [4.78, 5) is 11.5. The van der Waals surface area contributed by atoms with E-state index in [0.29, 0.717) is 23.1 Å². The molecule has 0 atom stereocenters. The van der Waals surface area contributed by atoms with Crippen LogP contribution >= 0.6 is 11.8 Å². The fourth-order valence-electron chi connectivity index (χ4n) is 1.65. The first-order valence-corrected chi connectivity index (χ1v) is 7.46. The number of benzene rings is 1. The van der Waals surface area contributed by atoms with Gasteiger partial charge in [0, 0.05) is 12.1 Å². The number of carbonyl (C=O) groups is 1. The molecule has 112 valence electrons. The number of nitrogen functional groups attached to an aromatic ring is 1. The summed E-state index contributed by atoms with van der Waals surface area (Å²) in [6.45, 7) is 2.62. The lowest BCUT2D eigenvalue weighted by molar-refractivity contribution is -0.118. The van der Waals surface area contributed by atoms with Crippen molar-refractivity contribution in [1.29, 1.82) is 0 Å². The van der Waals surface area contributed by atoms with Crippen LogP contribution in [-0.2, 0) is 4.79 Å². The van der Waals surface area contributed by atoms with Crippen molar-refractivity contribution < 1.29 is 9.18 Å². The van der Waals surface area contributed by atoms with Gasteiger partial charge in [0.2, 0.25) is 11.1 Å². The van der Waals surface area contributed by atoms with E-state index in [2.05, 4.69) is 15.5 Å². The van der Waals surface area contributed by atoms with Gasteiger partial charge in [-0.2, -0.15) is 0 Å².